The Labute approximate surface area is 118 Å². The minimum Gasteiger partial charge on any atom is -0.484 e. The fourth-order valence-corrected chi connectivity index (χ4v) is 2.27. The lowest BCUT2D eigenvalue weighted by molar-refractivity contribution is -0.127. The smallest absolute Gasteiger partial charge is 0.258 e. The van der Waals surface area contributed by atoms with Crippen LogP contribution in [0.2, 0.25) is 0 Å². The summed E-state index contributed by atoms with van der Waals surface area (Å²) >= 11 is 0. The highest BCUT2D eigenvalue weighted by Crippen LogP contribution is 2.20. The van der Waals surface area contributed by atoms with E-state index in [4.69, 9.17) is 9.47 Å². The Kier molecular flexibility index (Phi) is 4.98. The van der Waals surface area contributed by atoms with Crippen molar-refractivity contribution in [1.82, 2.24) is 5.32 Å². The molecule has 0 bridgehead atoms. The average Bonchev–Trinajstić information content (AvgIpc) is 2.46. The van der Waals surface area contributed by atoms with Gasteiger partial charge in [-0.15, -0.1) is 0 Å². The van der Waals surface area contributed by atoms with Gasteiger partial charge in [-0.25, -0.2) is 0 Å². The van der Waals surface area contributed by atoms with Crippen molar-refractivity contribution in [3.63, 3.8) is 0 Å². The zero-order chi connectivity index (χ0) is 14.4. The quantitative estimate of drug-likeness (QED) is 0.845. The molecule has 0 unspecified atom stereocenters. The highest BCUT2D eigenvalue weighted by Gasteiger charge is 2.33. The van der Waals surface area contributed by atoms with Crippen LogP contribution >= 0.6 is 0 Å². The molecule has 0 radical (unpaired) electrons. The van der Waals surface area contributed by atoms with Crippen molar-refractivity contribution in [2.45, 2.75) is 25.3 Å². The lowest BCUT2D eigenvalue weighted by Gasteiger charge is -2.36. The number of aliphatic hydroxyl groups excluding tert-OH is 1. The first-order chi connectivity index (χ1) is 9.63. The first kappa shape index (κ1) is 14.8. The van der Waals surface area contributed by atoms with Gasteiger partial charge >= 0.3 is 0 Å². The monoisotopic (exact) mass is 279 g/mol. The van der Waals surface area contributed by atoms with Crippen LogP contribution in [0.1, 0.15) is 18.4 Å². The van der Waals surface area contributed by atoms with Gasteiger partial charge in [0, 0.05) is 13.2 Å². The SMILES string of the molecule is Cc1cccc(OCC(=O)NC2(CO)CCOCC2)c1. The first-order valence-electron chi connectivity index (χ1n) is 6.83. The number of nitrogens with one attached hydrogen (secondary N) is 1. The lowest BCUT2D eigenvalue weighted by Crippen LogP contribution is -2.55. The van der Waals surface area contributed by atoms with Gasteiger partial charge in [-0.3, -0.25) is 4.79 Å². The molecule has 1 aliphatic heterocycles. The van der Waals surface area contributed by atoms with Gasteiger partial charge < -0.3 is 19.9 Å². The molecule has 1 amide bonds. The fourth-order valence-electron chi connectivity index (χ4n) is 2.27. The Morgan fingerprint density at radius 2 is 2.20 bits per heavy atom. The van der Waals surface area contributed by atoms with Crippen molar-refractivity contribution in [2.75, 3.05) is 26.4 Å². The molecule has 2 N–H and O–H groups in total. The van der Waals surface area contributed by atoms with Crippen molar-refractivity contribution in [2.24, 2.45) is 0 Å². The highest BCUT2D eigenvalue weighted by atomic mass is 16.5. The van der Waals surface area contributed by atoms with E-state index in [0.29, 0.717) is 31.8 Å². The van der Waals surface area contributed by atoms with Crippen LogP contribution in [-0.4, -0.2) is 43.0 Å². The molecule has 0 atom stereocenters. The summed E-state index contributed by atoms with van der Waals surface area (Å²) in [5.74, 6) is 0.452. The summed E-state index contributed by atoms with van der Waals surface area (Å²) in [5.41, 5.74) is 0.518. The predicted molar refractivity (Wildman–Crippen MR) is 74.7 cm³/mol. The number of hydrogen-bond donors (Lipinski definition) is 2. The minimum absolute atomic E-state index is 0.0495. The van der Waals surface area contributed by atoms with Gasteiger partial charge in [0.15, 0.2) is 6.61 Å². The maximum absolute atomic E-state index is 11.9. The molecule has 0 aliphatic carbocycles. The van der Waals surface area contributed by atoms with Gasteiger partial charge in [0.2, 0.25) is 0 Å². The number of aryl methyl sites for hydroxylation is 1. The van der Waals surface area contributed by atoms with Crippen LogP contribution in [-0.2, 0) is 9.53 Å². The number of hydrogen-bond acceptors (Lipinski definition) is 4. The third kappa shape index (κ3) is 3.95. The van der Waals surface area contributed by atoms with E-state index in [1.54, 1.807) is 0 Å². The third-order valence-electron chi connectivity index (χ3n) is 3.52. The van der Waals surface area contributed by atoms with Crippen molar-refractivity contribution < 1.29 is 19.4 Å². The summed E-state index contributed by atoms with van der Waals surface area (Å²) in [6.45, 7) is 2.95. The van der Waals surface area contributed by atoms with Crippen LogP contribution in [0.5, 0.6) is 5.75 Å². The molecule has 110 valence electrons. The zero-order valence-electron chi connectivity index (χ0n) is 11.7. The van der Waals surface area contributed by atoms with Gasteiger partial charge in [0.1, 0.15) is 5.75 Å². The van der Waals surface area contributed by atoms with Crippen LogP contribution in [0.15, 0.2) is 24.3 Å². The van der Waals surface area contributed by atoms with E-state index in [2.05, 4.69) is 5.32 Å². The van der Waals surface area contributed by atoms with Crippen LogP contribution in [0, 0.1) is 6.92 Å². The number of carbonyl (C=O) groups is 1. The van der Waals surface area contributed by atoms with Crippen molar-refractivity contribution in [1.29, 1.82) is 0 Å². The van der Waals surface area contributed by atoms with Crippen molar-refractivity contribution in [3.8, 4) is 5.75 Å². The van der Waals surface area contributed by atoms with Gasteiger partial charge in [0.25, 0.3) is 5.91 Å². The molecule has 5 heteroatoms. The standard InChI is InChI=1S/C15H21NO4/c1-12-3-2-4-13(9-12)20-10-14(18)16-15(11-17)5-7-19-8-6-15/h2-4,9,17H,5-8,10-11H2,1H3,(H,16,18). The lowest BCUT2D eigenvalue weighted by atomic mass is 9.91. The summed E-state index contributed by atoms with van der Waals surface area (Å²) in [7, 11) is 0. The molecule has 1 aromatic rings. The second-order valence-corrected chi connectivity index (χ2v) is 5.20. The van der Waals surface area contributed by atoms with E-state index < -0.39 is 5.54 Å². The molecule has 1 aliphatic rings. The van der Waals surface area contributed by atoms with Crippen molar-refractivity contribution in [3.05, 3.63) is 29.8 Å². The number of ether oxygens (including phenoxy) is 2. The molecule has 1 saturated heterocycles. The molecule has 0 saturated carbocycles. The molecule has 20 heavy (non-hydrogen) atoms. The Bertz CT molecular complexity index is 455. The van der Waals surface area contributed by atoms with E-state index in [0.717, 1.165) is 5.56 Å². The normalized spacial score (nSPS) is 17.5. The fraction of sp³-hybridized carbons (Fsp3) is 0.533. The van der Waals surface area contributed by atoms with Gasteiger partial charge in [-0.2, -0.15) is 0 Å². The van der Waals surface area contributed by atoms with Gasteiger partial charge in [-0.05, 0) is 37.5 Å². The van der Waals surface area contributed by atoms with Crippen LogP contribution < -0.4 is 10.1 Å². The van der Waals surface area contributed by atoms with E-state index >= 15 is 0 Å². The molecule has 1 fully saturated rings. The molecule has 2 rings (SSSR count). The van der Waals surface area contributed by atoms with E-state index in [1.807, 2.05) is 31.2 Å². The molecule has 1 heterocycles. The Morgan fingerprint density at radius 1 is 1.45 bits per heavy atom. The van der Waals surface area contributed by atoms with Crippen LogP contribution in [0.3, 0.4) is 0 Å². The number of aliphatic hydroxyl groups is 1. The van der Waals surface area contributed by atoms with Gasteiger partial charge in [0.05, 0.1) is 12.1 Å². The second-order valence-electron chi connectivity index (χ2n) is 5.20. The first-order valence-corrected chi connectivity index (χ1v) is 6.83. The van der Waals surface area contributed by atoms with E-state index in [1.165, 1.54) is 0 Å². The zero-order valence-corrected chi connectivity index (χ0v) is 11.7. The van der Waals surface area contributed by atoms with E-state index in [-0.39, 0.29) is 19.1 Å². The molecular weight excluding hydrogens is 258 g/mol. The molecule has 1 aromatic carbocycles. The molecule has 0 aromatic heterocycles. The van der Waals surface area contributed by atoms with Gasteiger partial charge in [-0.1, -0.05) is 12.1 Å². The minimum atomic E-state index is -0.564. The summed E-state index contributed by atoms with van der Waals surface area (Å²) in [6.07, 6.45) is 1.25. The Morgan fingerprint density at radius 3 is 2.85 bits per heavy atom. The second kappa shape index (κ2) is 6.72. The maximum Gasteiger partial charge on any atom is 0.258 e. The Hall–Kier alpha value is -1.59. The highest BCUT2D eigenvalue weighted by molar-refractivity contribution is 5.78. The topological polar surface area (TPSA) is 67.8 Å². The Balaban J connectivity index is 1.85. The number of benzene rings is 1. The largest absolute Gasteiger partial charge is 0.484 e. The molecular formula is C15H21NO4. The summed E-state index contributed by atoms with van der Waals surface area (Å²) < 4.78 is 10.7. The summed E-state index contributed by atoms with van der Waals surface area (Å²) in [4.78, 5) is 11.9. The maximum atomic E-state index is 11.9. The van der Waals surface area contributed by atoms with Crippen molar-refractivity contribution >= 4 is 5.91 Å². The van der Waals surface area contributed by atoms with Crippen LogP contribution in [0.25, 0.3) is 0 Å². The third-order valence-corrected chi connectivity index (χ3v) is 3.52. The number of carbonyl (C=O) groups excluding carboxylic acids is 1. The molecule has 5 nitrogen and oxygen atoms in total. The summed E-state index contributed by atoms with van der Waals surface area (Å²) in [5, 5.41) is 12.4. The number of amides is 1. The average molecular weight is 279 g/mol. The predicted octanol–water partition coefficient (Wildman–Crippen LogP) is 1.03. The molecule has 0 spiro atoms. The van der Waals surface area contributed by atoms with Crippen LogP contribution in [0.4, 0.5) is 0 Å². The van der Waals surface area contributed by atoms with E-state index in [9.17, 15) is 9.90 Å². The summed E-state index contributed by atoms with van der Waals surface area (Å²) in [6, 6.07) is 7.55. The number of rotatable bonds is 5.